The summed E-state index contributed by atoms with van der Waals surface area (Å²) >= 11 is 0. The minimum absolute atomic E-state index is 0.0742. The van der Waals surface area contributed by atoms with Gasteiger partial charge in [0, 0.05) is 37.4 Å². The van der Waals surface area contributed by atoms with E-state index in [1.807, 2.05) is 19.4 Å². The average molecular weight is 407 g/mol. The lowest BCUT2D eigenvalue weighted by Crippen LogP contribution is -2.47. The first kappa shape index (κ1) is 20.2. The molecular formula is C26H34N2O2. The van der Waals surface area contributed by atoms with Crippen LogP contribution in [-0.4, -0.2) is 37.0 Å². The van der Waals surface area contributed by atoms with Crippen LogP contribution in [0.4, 0.5) is 0 Å². The first-order valence-electron chi connectivity index (χ1n) is 11.6. The third-order valence-corrected chi connectivity index (χ3v) is 7.83. The van der Waals surface area contributed by atoms with E-state index in [0.29, 0.717) is 0 Å². The lowest BCUT2D eigenvalue weighted by Gasteiger charge is -2.46. The Morgan fingerprint density at radius 2 is 1.93 bits per heavy atom. The molecule has 1 aromatic carbocycles. The summed E-state index contributed by atoms with van der Waals surface area (Å²) in [6.45, 7) is 1.81. The van der Waals surface area contributed by atoms with Crippen molar-refractivity contribution >= 4 is 0 Å². The molecule has 0 amide bonds. The molecule has 2 aromatic rings. The Morgan fingerprint density at radius 1 is 1.10 bits per heavy atom. The lowest BCUT2D eigenvalue weighted by molar-refractivity contribution is -0.104. The molecule has 160 valence electrons. The number of rotatable bonds is 6. The number of methoxy groups -OCH3 is 1. The summed E-state index contributed by atoms with van der Waals surface area (Å²) in [6, 6.07) is 15.4. The summed E-state index contributed by atoms with van der Waals surface area (Å²) in [6.07, 6.45) is 11.4. The molecule has 2 fully saturated rings. The molecule has 1 spiro atoms. The maximum absolute atomic E-state index is 6.40. The van der Waals surface area contributed by atoms with Crippen molar-refractivity contribution < 1.29 is 9.47 Å². The number of ether oxygens (including phenoxy) is 2. The SMILES string of the molecule is CO[C@@H]1Cc2ccccc2[C@H]1NCC[C@@]1(c2ccccn2)CCOC2(CCCC2)C1. The molecule has 0 bridgehead atoms. The molecule has 1 saturated heterocycles. The predicted octanol–water partition coefficient (Wildman–Crippen LogP) is 4.73. The van der Waals surface area contributed by atoms with Crippen LogP contribution in [0.2, 0.25) is 0 Å². The van der Waals surface area contributed by atoms with E-state index >= 15 is 0 Å². The van der Waals surface area contributed by atoms with Crippen LogP contribution in [0, 0.1) is 0 Å². The van der Waals surface area contributed by atoms with Crippen LogP contribution in [-0.2, 0) is 21.3 Å². The zero-order valence-electron chi connectivity index (χ0n) is 18.1. The smallest absolute Gasteiger partial charge is 0.0806 e. The summed E-state index contributed by atoms with van der Waals surface area (Å²) in [5.74, 6) is 0. The van der Waals surface area contributed by atoms with Gasteiger partial charge in [0.25, 0.3) is 0 Å². The van der Waals surface area contributed by atoms with Gasteiger partial charge in [0.15, 0.2) is 0 Å². The van der Waals surface area contributed by atoms with Crippen molar-refractivity contribution in [3.8, 4) is 0 Å². The lowest BCUT2D eigenvalue weighted by atomic mass is 9.68. The normalized spacial score (nSPS) is 29.9. The first-order chi connectivity index (χ1) is 14.7. The molecule has 0 radical (unpaired) electrons. The number of hydrogen-bond donors (Lipinski definition) is 1. The van der Waals surface area contributed by atoms with Crippen LogP contribution in [0.25, 0.3) is 0 Å². The van der Waals surface area contributed by atoms with Crippen LogP contribution in [0.5, 0.6) is 0 Å². The summed E-state index contributed by atoms with van der Waals surface area (Å²) in [5, 5.41) is 3.87. The van der Waals surface area contributed by atoms with Gasteiger partial charge in [-0.1, -0.05) is 43.2 Å². The van der Waals surface area contributed by atoms with Gasteiger partial charge >= 0.3 is 0 Å². The highest BCUT2D eigenvalue weighted by atomic mass is 16.5. The van der Waals surface area contributed by atoms with E-state index < -0.39 is 0 Å². The zero-order valence-corrected chi connectivity index (χ0v) is 18.1. The Labute approximate surface area is 180 Å². The summed E-state index contributed by atoms with van der Waals surface area (Å²) in [7, 11) is 1.84. The predicted molar refractivity (Wildman–Crippen MR) is 119 cm³/mol. The van der Waals surface area contributed by atoms with Crippen molar-refractivity contribution in [3.05, 3.63) is 65.5 Å². The topological polar surface area (TPSA) is 43.4 Å². The number of benzene rings is 1. The first-order valence-corrected chi connectivity index (χ1v) is 11.6. The van der Waals surface area contributed by atoms with Crippen LogP contribution in [0.15, 0.2) is 48.7 Å². The molecular weight excluding hydrogens is 372 g/mol. The largest absolute Gasteiger partial charge is 0.379 e. The second-order valence-electron chi connectivity index (χ2n) is 9.52. The van der Waals surface area contributed by atoms with Gasteiger partial charge in [-0.15, -0.1) is 0 Å². The van der Waals surface area contributed by atoms with E-state index in [0.717, 1.165) is 38.8 Å². The molecule has 5 rings (SSSR count). The van der Waals surface area contributed by atoms with Crippen molar-refractivity contribution in [3.63, 3.8) is 0 Å². The van der Waals surface area contributed by atoms with Gasteiger partial charge in [-0.05, 0) is 61.9 Å². The van der Waals surface area contributed by atoms with Crippen LogP contribution < -0.4 is 5.32 Å². The van der Waals surface area contributed by atoms with Crippen molar-refractivity contribution in [1.82, 2.24) is 10.3 Å². The Hall–Kier alpha value is -1.75. The molecule has 0 unspecified atom stereocenters. The van der Waals surface area contributed by atoms with Crippen molar-refractivity contribution in [2.75, 3.05) is 20.3 Å². The minimum atomic E-state index is 0.0742. The van der Waals surface area contributed by atoms with E-state index in [2.05, 4.69) is 41.7 Å². The quantitative estimate of drug-likeness (QED) is 0.753. The molecule has 30 heavy (non-hydrogen) atoms. The van der Waals surface area contributed by atoms with Gasteiger partial charge in [-0.25, -0.2) is 0 Å². The number of nitrogens with one attached hydrogen (secondary N) is 1. The van der Waals surface area contributed by atoms with E-state index in [1.54, 1.807) is 0 Å². The second kappa shape index (κ2) is 8.41. The highest BCUT2D eigenvalue weighted by Crippen LogP contribution is 2.49. The molecule has 1 saturated carbocycles. The number of pyridine rings is 1. The number of hydrogen-bond acceptors (Lipinski definition) is 4. The third-order valence-electron chi connectivity index (χ3n) is 7.83. The van der Waals surface area contributed by atoms with E-state index in [-0.39, 0.29) is 23.2 Å². The highest BCUT2D eigenvalue weighted by Gasteiger charge is 2.48. The fourth-order valence-electron chi connectivity index (χ4n) is 6.28. The molecule has 1 aliphatic heterocycles. The molecule has 3 atom stereocenters. The Morgan fingerprint density at radius 3 is 2.73 bits per heavy atom. The molecule has 2 heterocycles. The van der Waals surface area contributed by atoms with Gasteiger partial charge in [0.05, 0.1) is 17.7 Å². The second-order valence-corrected chi connectivity index (χ2v) is 9.52. The van der Waals surface area contributed by atoms with Gasteiger partial charge in [-0.3, -0.25) is 4.98 Å². The number of aromatic nitrogens is 1. The van der Waals surface area contributed by atoms with Gasteiger partial charge in [-0.2, -0.15) is 0 Å². The summed E-state index contributed by atoms with van der Waals surface area (Å²) in [5.41, 5.74) is 4.23. The standard InChI is InChI=1S/C26H34N2O2/c1-29-22-18-20-8-2-3-9-21(20)24(22)28-16-13-25(23-10-4-7-15-27-23)14-17-30-26(19-25)11-5-6-12-26/h2-4,7-10,15,22,24,28H,5-6,11-14,16-19H2,1H3/t22-,24-,25-/m1/s1. The average Bonchev–Trinajstić information content (AvgIpc) is 3.39. The Bertz CT molecular complexity index is 849. The molecule has 2 aliphatic carbocycles. The van der Waals surface area contributed by atoms with Crippen LogP contribution in [0.3, 0.4) is 0 Å². The van der Waals surface area contributed by atoms with Crippen molar-refractivity contribution in [2.24, 2.45) is 0 Å². The monoisotopic (exact) mass is 406 g/mol. The summed E-state index contributed by atoms with van der Waals surface area (Å²) in [4.78, 5) is 4.84. The maximum atomic E-state index is 6.40. The van der Waals surface area contributed by atoms with Gasteiger partial charge < -0.3 is 14.8 Å². The van der Waals surface area contributed by atoms with E-state index in [4.69, 9.17) is 14.5 Å². The maximum Gasteiger partial charge on any atom is 0.0806 e. The Kier molecular flexibility index (Phi) is 5.65. The highest BCUT2D eigenvalue weighted by molar-refractivity contribution is 5.36. The summed E-state index contributed by atoms with van der Waals surface area (Å²) < 4.78 is 12.2. The van der Waals surface area contributed by atoms with E-state index in [1.165, 1.54) is 42.5 Å². The minimum Gasteiger partial charge on any atom is -0.379 e. The third kappa shape index (κ3) is 3.70. The van der Waals surface area contributed by atoms with Crippen LogP contribution >= 0.6 is 0 Å². The van der Waals surface area contributed by atoms with E-state index in [9.17, 15) is 0 Å². The van der Waals surface area contributed by atoms with Crippen LogP contribution in [0.1, 0.15) is 67.8 Å². The Balaban J connectivity index is 1.35. The van der Waals surface area contributed by atoms with Crippen molar-refractivity contribution in [1.29, 1.82) is 0 Å². The zero-order chi connectivity index (χ0) is 20.4. The molecule has 4 heteroatoms. The molecule has 4 nitrogen and oxygen atoms in total. The van der Waals surface area contributed by atoms with Gasteiger partial charge in [0.2, 0.25) is 0 Å². The molecule has 1 aromatic heterocycles. The molecule has 1 N–H and O–H groups in total. The number of nitrogens with zero attached hydrogens (tertiary/aromatic N) is 1. The fraction of sp³-hybridized carbons (Fsp3) is 0.577. The molecule has 3 aliphatic rings. The van der Waals surface area contributed by atoms with Gasteiger partial charge in [0.1, 0.15) is 0 Å². The van der Waals surface area contributed by atoms with Crippen molar-refractivity contribution in [2.45, 2.75) is 74.5 Å². The fourth-order valence-corrected chi connectivity index (χ4v) is 6.28. The number of fused-ring (bicyclic) bond motifs is 1.